The molecule has 0 aliphatic carbocycles. The summed E-state index contributed by atoms with van der Waals surface area (Å²) in [5.74, 6) is -2.99. The summed E-state index contributed by atoms with van der Waals surface area (Å²) in [4.78, 5) is 0. The van der Waals surface area contributed by atoms with Crippen LogP contribution in [0.5, 0.6) is 0 Å². The van der Waals surface area contributed by atoms with Crippen molar-refractivity contribution in [2.45, 2.75) is 12.8 Å². The van der Waals surface area contributed by atoms with Gasteiger partial charge in [0.15, 0.2) is 0 Å². The molecule has 1 heterocycles. The largest absolute Gasteiger partial charge is 0.390 e. The number of hydrogen-bond acceptors (Lipinski definition) is 2. The third kappa shape index (κ3) is 0.914. The van der Waals surface area contributed by atoms with E-state index in [1.54, 1.807) is 0 Å². The highest BCUT2D eigenvalue weighted by molar-refractivity contribution is 4.93. The summed E-state index contributed by atoms with van der Waals surface area (Å²) < 4.78 is 29.9. The molecule has 0 unspecified atom stereocenters. The Morgan fingerprint density at radius 1 is 1.60 bits per heavy atom. The summed E-state index contributed by atoms with van der Waals surface area (Å²) in [5.41, 5.74) is -1.14. The molecule has 10 heavy (non-hydrogen) atoms. The molecule has 1 aliphatic heterocycles. The van der Waals surface area contributed by atoms with Gasteiger partial charge < -0.3 is 9.84 Å². The van der Waals surface area contributed by atoms with Gasteiger partial charge in [0.1, 0.15) is 6.61 Å². The fourth-order valence-electron chi connectivity index (χ4n) is 0.810. The standard InChI is InChI=1S/C6H10F2O2/c1-5(3-10-4-5)6(7,8)2-9/h9H,2-4H2,1H3. The summed E-state index contributed by atoms with van der Waals surface area (Å²) in [5, 5.41) is 8.29. The van der Waals surface area contributed by atoms with Gasteiger partial charge in [0.05, 0.1) is 18.6 Å². The number of rotatable bonds is 2. The number of alkyl halides is 2. The van der Waals surface area contributed by atoms with Crippen molar-refractivity contribution in [3.8, 4) is 0 Å². The molecule has 0 atom stereocenters. The predicted octanol–water partition coefficient (Wildman–Crippen LogP) is 0.651. The Morgan fingerprint density at radius 2 is 2.10 bits per heavy atom. The average Bonchev–Trinajstić information content (AvgIpc) is 1.82. The van der Waals surface area contributed by atoms with Crippen LogP contribution >= 0.6 is 0 Å². The zero-order valence-corrected chi connectivity index (χ0v) is 5.73. The third-order valence-corrected chi connectivity index (χ3v) is 1.92. The minimum absolute atomic E-state index is 0.0422. The van der Waals surface area contributed by atoms with E-state index in [1.807, 2.05) is 0 Å². The highest BCUT2D eigenvalue weighted by Crippen LogP contribution is 2.41. The van der Waals surface area contributed by atoms with Gasteiger partial charge in [-0.25, -0.2) is 8.78 Å². The fraction of sp³-hybridized carbons (Fsp3) is 1.00. The first kappa shape index (κ1) is 7.88. The summed E-state index contributed by atoms with van der Waals surface area (Å²) in [6.45, 7) is 0.403. The first-order valence-corrected chi connectivity index (χ1v) is 3.08. The fourth-order valence-corrected chi connectivity index (χ4v) is 0.810. The Morgan fingerprint density at radius 3 is 2.20 bits per heavy atom. The Kier molecular flexibility index (Phi) is 1.68. The highest BCUT2D eigenvalue weighted by Gasteiger charge is 2.54. The van der Waals surface area contributed by atoms with Gasteiger partial charge in [0.2, 0.25) is 0 Å². The molecule has 0 amide bonds. The zero-order chi connectivity index (χ0) is 7.83. The Hall–Kier alpha value is -0.220. The van der Waals surface area contributed by atoms with Crippen molar-refractivity contribution in [1.82, 2.24) is 0 Å². The van der Waals surface area contributed by atoms with Gasteiger partial charge in [-0.2, -0.15) is 0 Å². The van der Waals surface area contributed by atoms with Crippen molar-refractivity contribution in [1.29, 1.82) is 0 Å². The molecule has 0 aromatic heterocycles. The van der Waals surface area contributed by atoms with Gasteiger partial charge in [0, 0.05) is 0 Å². The molecule has 0 radical (unpaired) electrons. The lowest BCUT2D eigenvalue weighted by atomic mass is 9.82. The third-order valence-electron chi connectivity index (χ3n) is 1.92. The molecule has 0 bridgehead atoms. The first-order chi connectivity index (χ1) is 4.52. The van der Waals surface area contributed by atoms with E-state index in [2.05, 4.69) is 4.74 Å². The van der Waals surface area contributed by atoms with E-state index in [1.165, 1.54) is 6.92 Å². The van der Waals surface area contributed by atoms with Crippen molar-refractivity contribution in [2.75, 3.05) is 19.8 Å². The van der Waals surface area contributed by atoms with Crippen molar-refractivity contribution >= 4 is 0 Å². The summed E-state index contributed by atoms with van der Waals surface area (Å²) in [6.07, 6.45) is 0. The number of ether oxygens (including phenoxy) is 1. The molecule has 4 heteroatoms. The molecular weight excluding hydrogens is 142 g/mol. The van der Waals surface area contributed by atoms with Gasteiger partial charge in [-0.3, -0.25) is 0 Å². The normalized spacial score (nSPS) is 24.0. The number of hydrogen-bond donors (Lipinski definition) is 1. The predicted molar refractivity (Wildman–Crippen MR) is 31.0 cm³/mol. The molecule has 0 saturated carbocycles. The van der Waals surface area contributed by atoms with Crippen molar-refractivity contribution in [2.24, 2.45) is 5.41 Å². The second kappa shape index (κ2) is 2.13. The highest BCUT2D eigenvalue weighted by atomic mass is 19.3. The summed E-state index contributed by atoms with van der Waals surface area (Å²) in [6, 6.07) is 0. The molecule has 0 aromatic rings. The van der Waals surface area contributed by atoms with Gasteiger partial charge >= 0.3 is 0 Å². The van der Waals surface area contributed by atoms with Crippen molar-refractivity contribution < 1.29 is 18.6 Å². The lowest BCUT2D eigenvalue weighted by molar-refractivity contribution is -0.246. The van der Waals surface area contributed by atoms with E-state index < -0.39 is 17.9 Å². The van der Waals surface area contributed by atoms with Crippen LogP contribution in [0.25, 0.3) is 0 Å². The molecule has 2 nitrogen and oxygen atoms in total. The average molecular weight is 152 g/mol. The van der Waals surface area contributed by atoms with E-state index in [0.717, 1.165) is 0 Å². The summed E-state index contributed by atoms with van der Waals surface area (Å²) >= 11 is 0. The molecule has 0 aromatic carbocycles. The SMILES string of the molecule is CC1(C(F)(F)CO)COC1. The monoisotopic (exact) mass is 152 g/mol. The van der Waals surface area contributed by atoms with Crippen LogP contribution in [0.15, 0.2) is 0 Å². The van der Waals surface area contributed by atoms with Gasteiger partial charge in [-0.05, 0) is 6.92 Å². The van der Waals surface area contributed by atoms with Crippen LogP contribution < -0.4 is 0 Å². The van der Waals surface area contributed by atoms with Gasteiger partial charge in [-0.15, -0.1) is 0 Å². The summed E-state index contributed by atoms with van der Waals surface area (Å²) in [7, 11) is 0. The van der Waals surface area contributed by atoms with Crippen LogP contribution in [0.2, 0.25) is 0 Å². The Bertz CT molecular complexity index is 122. The second-order valence-electron chi connectivity index (χ2n) is 2.92. The molecule has 60 valence electrons. The zero-order valence-electron chi connectivity index (χ0n) is 5.73. The molecule has 1 saturated heterocycles. The maximum Gasteiger partial charge on any atom is 0.280 e. The van der Waals surface area contributed by atoms with E-state index in [9.17, 15) is 8.78 Å². The van der Waals surface area contributed by atoms with Crippen LogP contribution in [0.1, 0.15) is 6.92 Å². The van der Waals surface area contributed by atoms with Crippen molar-refractivity contribution in [3.63, 3.8) is 0 Å². The smallest absolute Gasteiger partial charge is 0.280 e. The molecule has 1 N–H and O–H groups in total. The molecule has 0 spiro atoms. The molecule has 1 rings (SSSR count). The van der Waals surface area contributed by atoms with Crippen LogP contribution in [-0.2, 0) is 4.74 Å². The first-order valence-electron chi connectivity index (χ1n) is 3.08. The van der Waals surface area contributed by atoms with Crippen LogP contribution in [-0.4, -0.2) is 30.8 Å². The van der Waals surface area contributed by atoms with Crippen LogP contribution in [0.3, 0.4) is 0 Å². The molecule has 1 fully saturated rings. The van der Waals surface area contributed by atoms with E-state index in [-0.39, 0.29) is 13.2 Å². The van der Waals surface area contributed by atoms with Crippen molar-refractivity contribution in [3.05, 3.63) is 0 Å². The number of halogens is 2. The van der Waals surface area contributed by atoms with E-state index in [4.69, 9.17) is 5.11 Å². The van der Waals surface area contributed by atoms with Gasteiger partial charge in [0.25, 0.3) is 5.92 Å². The lowest BCUT2D eigenvalue weighted by Gasteiger charge is -2.42. The molecular formula is C6H10F2O2. The van der Waals surface area contributed by atoms with E-state index in [0.29, 0.717) is 0 Å². The quantitative estimate of drug-likeness (QED) is 0.629. The number of aliphatic hydroxyl groups excluding tert-OH is 1. The number of aliphatic hydroxyl groups is 1. The topological polar surface area (TPSA) is 29.5 Å². The van der Waals surface area contributed by atoms with Crippen LogP contribution in [0, 0.1) is 5.41 Å². The maximum absolute atomic E-state index is 12.7. The maximum atomic E-state index is 12.7. The second-order valence-corrected chi connectivity index (χ2v) is 2.92. The Labute approximate surface area is 57.8 Å². The van der Waals surface area contributed by atoms with Crippen LogP contribution in [0.4, 0.5) is 8.78 Å². The minimum Gasteiger partial charge on any atom is -0.390 e. The minimum atomic E-state index is -2.99. The molecule has 1 aliphatic rings. The Balaban J connectivity index is 2.61. The van der Waals surface area contributed by atoms with Gasteiger partial charge in [-0.1, -0.05) is 0 Å². The lowest BCUT2D eigenvalue weighted by Crippen LogP contribution is -2.55. The van der Waals surface area contributed by atoms with E-state index >= 15 is 0 Å².